The van der Waals surface area contributed by atoms with Gasteiger partial charge in [-0.3, -0.25) is 19.0 Å². The summed E-state index contributed by atoms with van der Waals surface area (Å²) in [6, 6.07) is 14.7. The number of nitrogens with zero attached hydrogens (tertiary/aromatic N) is 2. The van der Waals surface area contributed by atoms with E-state index >= 15 is 0 Å². The van der Waals surface area contributed by atoms with Gasteiger partial charge in [-0.1, -0.05) is 32.0 Å². The summed E-state index contributed by atoms with van der Waals surface area (Å²) >= 11 is 1.59. The highest BCUT2D eigenvalue weighted by Crippen LogP contribution is 2.19. The van der Waals surface area contributed by atoms with E-state index in [1.165, 1.54) is 4.57 Å². The summed E-state index contributed by atoms with van der Waals surface area (Å²) in [5.41, 5.74) is 1.80. The molecule has 2 N–H and O–H groups in total. The molecular formula is C24H28N4O3S. The number of fused-ring (bicyclic) bond motifs is 1. The highest BCUT2D eigenvalue weighted by Gasteiger charge is 2.15. The summed E-state index contributed by atoms with van der Waals surface area (Å²) in [4.78, 5) is 43.5. The van der Waals surface area contributed by atoms with Gasteiger partial charge in [-0.05, 0) is 42.5 Å². The van der Waals surface area contributed by atoms with E-state index < -0.39 is 0 Å². The fraction of sp³-hybridized carbons (Fsp3) is 0.333. The molecule has 0 spiro atoms. The molecule has 0 aliphatic heterocycles. The first-order valence-electron chi connectivity index (χ1n) is 10.6. The number of anilines is 1. The van der Waals surface area contributed by atoms with E-state index in [2.05, 4.69) is 15.6 Å². The summed E-state index contributed by atoms with van der Waals surface area (Å²) in [6.45, 7) is 4.49. The normalized spacial score (nSPS) is 11.0. The molecule has 32 heavy (non-hydrogen) atoms. The van der Waals surface area contributed by atoms with Crippen LogP contribution in [0.5, 0.6) is 0 Å². The number of hydrogen-bond acceptors (Lipinski definition) is 5. The molecule has 2 amide bonds. The van der Waals surface area contributed by atoms with Crippen molar-refractivity contribution in [2.24, 2.45) is 5.92 Å². The van der Waals surface area contributed by atoms with Gasteiger partial charge in [0.15, 0.2) is 0 Å². The molecule has 2 aromatic carbocycles. The third kappa shape index (κ3) is 6.20. The van der Waals surface area contributed by atoms with E-state index in [0.717, 1.165) is 4.90 Å². The van der Waals surface area contributed by atoms with Crippen molar-refractivity contribution in [3.63, 3.8) is 0 Å². The lowest BCUT2D eigenvalue weighted by atomic mass is 10.2. The van der Waals surface area contributed by atoms with Crippen LogP contribution in [0, 0.1) is 5.92 Å². The molecule has 1 aromatic heterocycles. The highest BCUT2D eigenvalue weighted by molar-refractivity contribution is 7.98. The Kier molecular flexibility index (Phi) is 8.05. The average molecular weight is 453 g/mol. The van der Waals surface area contributed by atoms with E-state index in [4.69, 9.17) is 0 Å². The first kappa shape index (κ1) is 23.5. The van der Waals surface area contributed by atoms with Crippen LogP contribution in [0.1, 0.15) is 26.0 Å². The molecule has 1 heterocycles. The van der Waals surface area contributed by atoms with Gasteiger partial charge in [0.2, 0.25) is 11.8 Å². The SMILES string of the molecule is CSc1cccc(NC(=O)Cn2c(=O)c(CCC(=O)NCC(C)C)nc3ccccc32)c1. The summed E-state index contributed by atoms with van der Waals surface area (Å²) < 4.78 is 1.43. The third-order valence-corrected chi connectivity index (χ3v) is 5.60. The molecule has 0 bridgehead atoms. The van der Waals surface area contributed by atoms with Crippen LogP contribution in [0.3, 0.4) is 0 Å². The minimum atomic E-state index is -0.353. The molecule has 0 aliphatic carbocycles. The second kappa shape index (κ2) is 10.9. The molecule has 0 saturated heterocycles. The van der Waals surface area contributed by atoms with Gasteiger partial charge in [0.05, 0.1) is 11.0 Å². The largest absolute Gasteiger partial charge is 0.356 e. The van der Waals surface area contributed by atoms with Crippen molar-refractivity contribution in [3.05, 3.63) is 64.6 Å². The Morgan fingerprint density at radius 1 is 1.09 bits per heavy atom. The van der Waals surface area contributed by atoms with Crippen molar-refractivity contribution in [3.8, 4) is 0 Å². The Balaban J connectivity index is 1.82. The molecule has 3 rings (SSSR count). The number of aryl methyl sites for hydroxylation is 1. The standard InChI is InChI=1S/C24H28N4O3S/c1-16(2)14-25-22(29)12-11-20-24(31)28(21-10-5-4-9-19(21)27-20)15-23(30)26-17-7-6-8-18(13-17)32-3/h4-10,13,16H,11-12,14-15H2,1-3H3,(H,25,29)(H,26,30). The van der Waals surface area contributed by atoms with Crippen LogP contribution >= 0.6 is 11.8 Å². The number of carbonyl (C=O) groups excluding carboxylic acids is 2. The van der Waals surface area contributed by atoms with Gasteiger partial charge in [-0.25, -0.2) is 4.98 Å². The second-order valence-corrected chi connectivity index (χ2v) is 8.80. The van der Waals surface area contributed by atoms with Gasteiger partial charge in [0.25, 0.3) is 5.56 Å². The molecule has 0 fully saturated rings. The lowest BCUT2D eigenvalue weighted by Gasteiger charge is -2.13. The van der Waals surface area contributed by atoms with Crippen molar-refractivity contribution in [2.45, 2.75) is 38.1 Å². The van der Waals surface area contributed by atoms with Crippen LogP contribution in [-0.2, 0) is 22.6 Å². The molecule has 0 unspecified atom stereocenters. The Morgan fingerprint density at radius 3 is 2.62 bits per heavy atom. The lowest BCUT2D eigenvalue weighted by molar-refractivity contribution is -0.121. The topological polar surface area (TPSA) is 93.1 Å². The summed E-state index contributed by atoms with van der Waals surface area (Å²) in [5, 5.41) is 5.71. The first-order valence-corrected chi connectivity index (χ1v) is 11.8. The van der Waals surface area contributed by atoms with Crippen LogP contribution in [0.25, 0.3) is 11.0 Å². The zero-order chi connectivity index (χ0) is 23.1. The first-order chi connectivity index (χ1) is 15.4. The van der Waals surface area contributed by atoms with Gasteiger partial charge in [0, 0.05) is 30.0 Å². The van der Waals surface area contributed by atoms with Crippen LogP contribution in [0.2, 0.25) is 0 Å². The molecule has 0 saturated carbocycles. The van der Waals surface area contributed by atoms with E-state index in [1.54, 1.807) is 30.0 Å². The molecule has 7 nitrogen and oxygen atoms in total. The van der Waals surface area contributed by atoms with Crippen molar-refractivity contribution >= 4 is 40.3 Å². The van der Waals surface area contributed by atoms with Gasteiger partial charge in [0.1, 0.15) is 12.2 Å². The number of rotatable bonds is 9. The van der Waals surface area contributed by atoms with Crippen LogP contribution in [0.15, 0.2) is 58.2 Å². The zero-order valence-electron chi connectivity index (χ0n) is 18.6. The van der Waals surface area contributed by atoms with Crippen molar-refractivity contribution in [1.82, 2.24) is 14.9 Å². The maximum atomic E-state index is 13.1. The van der Waals surface area contributed by atoms with Crippen molar-refractivity contribution in [2.75, 3.05) is 18.1 Å². The van der Waals surface area contributed by atoms with E-state index in [-0.39, 0.29) is 42.5 Å². The second-order valence-electron chi connectivity index (χ2n) is 7.92. The van der Waals surface area contributed by atoms with Crippen LogP contribution in [-0.4, -0.2) is 34.2 Å². The van der Waals surface area contributed by atoms with Gasteiger partial charge >= 0.3 is 0 Å². The lowest BCUT2D eigenvalue weighted by Crippen LogP contribution is -2.32. The summed E-state index contributed by atoms with van der Waals surface area (Å²) in [7, 11) is 0. The maximum absolute atomic E-state index is 13.1. The number of thioether (sulfide) groups is 1. The quantitative estimate of drug-likeness (QED) is 0.485. The number of amides is 2. The van der Waals surface area contributed by atoms with Crippen LogP contribution < -0.4 is 16.2 Å². The Hall–Kier alpha value is -3.13. The highest BCUT2D eigenvalue weighted by atomic mass is 32.2. The number of nitrogens with one attached hydrogen (secondary N) is 2. The molecule has 3 aromatic rings. The summed E-state index contributed by atoms with van der Waals surface area (Å²) in [6.07, 6.45) is 2.35. The Morgan fingerprint density at radius 2 is 1.88 bits per heavy atom. The van der Waals surface area contributed by atoms with E-state index in [0.29, 0.717) is 29.2 Å². The molecule has 0 atom stereocenters. The van der Waals surface area contributed by atoms with Crippen LogP contribution in [0.4, 0.5) is 5.69 Å². The Bertz CT molecular complexity index is 1170. The fourth-order valence-corrected chi connectivity index (χ4v) is 3.71. The fourth-order valence-electron chi connectivity index (χ4n) is 3.25. The van der Waals surface area contributed by atoms with E-state index in [9.17, 15) is 14.4 Å². The number of para-hydroxylation sites is 2. The molecular weight excluding hydrogens is 424 g/mol. The zero-order valence-corrected chi connectivity index (χ0v) is 19.4. The minimum absolute atomic E-state index is 0.119. The number of benzene rings is 2. The monoisotopic (exact) mass is 452 g/mol. The molecule has 8 heteroatoms. The number of hydrogen-bond donors (Lipinski definition) is 2. The maximum Gasteiger partial charge on any atom is 0.273 e. The smallest absolute Gasteiger partial charge is 0.273 e. The predicted molar refractivity (Wildman–Crippen MR) is 129 cm³/mol. The molecule has 0 aliphatic rings. The van der Waals surface area contributed by atoms with Gasteiger partial charge in [-0.2, -0.15) is 0 Å². The van der Waals surface area contributed by atoms with Crippen molar-refractivity contribution in [1.29, 1.82) is 0 Å². The number of carbonyl (C=O) groups is 2. The van der Waals surface area contributed by atoms with Crippen molar-refractivity contribution < 1.29 is 9.59 Å². The third-order valence-electron chi connectivity index (χ3n) is 4.87. The minimum Gasteiger partial charge on any atom is -0.356 e. The molecule has 168 valence electrons. The predicted octanol–water partition coefficient (Wildman–Crippen LogP) is 3.46. The molecule has 0 radical (unpaired) electrons. The average Bonchev–Trinajstić information content (AvgIpc) is 2.78. The van der Waals surface area contributed by atoms with E-state index in [1.807, 2.05) is 50.4 Å². The Labute approximate surface area is 191 Å². The summed E-state index contributed by atoms with van der Waals surface area (Å²) in [5.74, 6) is -0.0709. The van der Waals surface area contributed by atoms with Gasteiger partial charge in [-0.15, -0.1) is 11.8 Å². The van der Waals surface area contributed by atoms with Gasteiger partial charge < -0.3 is 10.6 Å². The number of aromatic nitrogens is 2.